The molecule has 90 valence electrons. The second-order valence-electron chi connectivity index (χ2n) is 3.35. The first-order chi connectivity index (χ1) is 8.61. The summed E-state index contributed by atoms with van der Waals surface area (Å²) in [5.74, 6) is 0.260. The third-order valence-corrected chi connectivity index (χ3v) is 2.16. The van der Waals surface area contributed by atoms with E-state index < -0.39 is 6.09 Å². The van der Waals surface area contributed by atoms with Gasteiger partial charge in [-0.1, -0.05) is 0 Å². The third kappa shape index (κ3) is 2.10. The van der Waals surface area contributed by atoms with Crippen LogP contribution in [0.1, 0.15) is 11.3 Å². The van der Waals surface area contributed by atoms with E-state index >= 15 is 0 Å². The maximum atomic E-state index is 10.6. The minimum atomic E-state index is -1.21. The molecule has 0 saturated carbocycles. The highest BCUT2D eigenvalue weighted by Crippen LogP contribution is 2.19. The zero-order valence-corrected chi connectivity index (χ0v) is 9.32. The number of anilines is 1. The minimum Gasteiger partial charge on any atom is -0.465 e. The Hall–Kier alpha value is -2.95. The summed E-state index contributed by atoms with van der Waals surface area (Å²) in [5.41, 5.74) is 0.874. The predicted octanol–water partition coefficient (Wildman–Crippen LogP) is 0.932. The van der Waals surface area contributed by atoms with E-state index in [-0.39, 0.29) is 17.1 Å². The van der Waals surface area contributed by atoms with Crippen molar-refractivity contribution in [1.82, 2.24) is 20.0 Å². The first kappa shape index (κ1) is 11.5. The lowest BCUT2D eigenvalue weighted by Gasteiger charge is -2.08. The van der Waals surface area contributed by atoms with E-state index in [2.05, 4.69) is 20.5 Å². The fraction of sp³-hybridized carbons (Fsp3) is 0.100. The summed E-state index contributed by atoms with van der Waals surface area (Å²) in [6, 6.07) is 3.33. The number of aromatic nitrogens is 4. The van der Waals surface area contributed by atoms with E-state index in [4.69, 9.17) is 10.4 Å². The van der Waals surface area contributed by atoms with Gasteiger partial charge in [0.25, 0.3) is 0 Å². The zero-order chi connectivity index (χ0) is 13.1. The number of carboxylic acid groups (broad SMARTS) is 1. The van der Waals surface area contributed by atoms with Gasteiger partial charge in [-0.25, -0.2) is 9.78 Å². The Morgan fingerprint density at radius 2 is 2.17 bits per heavy atom. The Labute approximate surface area is 101 Å². The molecule has 0 aliphatic carbocycles. The van der Waals surface area contributed by atoms with Crippen LogP contribution in [-0.4, -0.2) is 31.2 Å². The molecule has 0 saturated heterocycles. The molecule has 18 heavy (non-hydrogen) atoms. The SMILES string of the molecule is Cc1nc(-n2nccn2)c(C#N)cc1NC(=O)O. The molecule has 2 rings (SSSR count). The van der Waals surface area contributed by atoms with Crippen LogP contribution in [0.2, 0.25) is 0 Å². The van der Waals surface area contributed by atoms with Crippen molar-refractivity contribution in [2.75, 3.05) is 5.32 Å². The zero-order valence-electron chi connectivity index (χ0n) is 9.32. The number of carbonyl (C=O) groups is 1. The van der Waals surface area contributed by atoms with Gasteiger partial charge in [-0.3, -0.25) is 5.32 Å². The lowest BCUT2D eigenvalue weighted by molar-refractivity contribution is 0.209. The number of amides is 1. The van der Waals surface area contributed by atoms with Crippen LogP contribution in [0.15, 0.2) is 18.5 Å². The van der Waals surface area contributed by atoms with E-state index in [1.54, 1.807) is 6.92 Å². The topological polar surface area (TPSA) is 117 Å². The fourth-order valence-electron chi connectivity index (χ4n) is 1.39. The summed E-state index contributed by atoms with van der Waals surface area (Å²) in [6.45, 7) is 1.62. The summed E-state index contributed by atoms with van der Waals surface area (Å²) in [4.78, 5) is 15.9. The standard InChI is InChI=1S/C10H8N6O2/c1-6-8(15-10(17)18)4-7(5-11)9(14-6)16-12-2-3-13-16/h2-4,15H,1H3,(H,17,18). The molecule has 8 nitrogen and oxygen atoms in total. The number of rotatable bonds is 2. The smallest absolute Gasteiger partial charge is 0.409 e. The summed E-state index contributed by atoms with van der Waals surface area (Å²) < 4.78 is 0. The van der Waals surface area contributed by atoms with E-state index in [0.29, 0.717) is 5.69 Å². The van der Waals surface area contributed by atoms with Crippen LogP contribution in [0, 0.1) is 18.3 Å². The molecule has 2 aromatic rings. The summed E-state index contributed by atoms with van der Waals surface area (Å²) in [5, 5.41) is 27.6. The molecular weight excluding hydrogens is 236 g/mol. The molecule has 2 heterocycles. The Balaban J connectivity index is 2.54. The Morgan fingerprint density at radius 1 is 1.50 bits per heavy atom. The largest absolute Gasteiger partial charge is 0.465 e. The van der Waals surface area contributed by atoms with Gasteiger partial charge in [0.1, 0.15) is 11.6 Å². The van der Waals surface area contributed by atoms with Crippen LogP contribution in [-0.2, 0) is 0 Å². The van der Waals surface area contributed by atoms with Crippen molar-refractivity contribution in [3.8, 4) is 11.9 Å². The quantitative estimate of drug-likeness (QED) is 0.811. The van der Waals surface area contributed by atoms with E-state index in [1.807, 2.05) is 6.07 Å². The second kappa shape index (κ2) is 4.50. The summed E-state index contributed by atoms with van der Waals surface area (Å²) in [7, 11) is 0. The molecule has 2 aromatic heterocycles. The second-order valence-corrected chi connectivity index (χ2v) is 3.35. The molecule has 8 heteroatoms. The van der Waals surface area contributed by atoms with E-state index in [0.717, 1.165) is 0 Å². The molecule has 0 atom stereocenters. The number of aryl methyl sites for hydroxylation is 1. The minimum absolute atomic E-state index is 0.181. The maximum absolute atomic E-state index is 10.6. The third-order valence-electron chi connectivity index (χ3n) is 2.16. The lowest BCUT2D eigenvalue weighted by Crippen LogP contribution is -2.12. The Bertz CT molecular complexity index is 629. The van der Waals surface area contributed by atoms with Crippen molar-refractivity contribution >= 4 is 11.8 Å². The molecule has 2 N–H and O–H groups in total. The van der Waals surface area contributed by atoms with Crippen molar-refractivity contribution in [1.29, 1.82) is 5.26 Å². The molecule has 0 bridgehead atoms. The van der Waals surface area contributed by atoms with Gasteiger partial charge < -0.3 is 5.11 Å². The molecule has 0 fully saturated rings. The first-order valence-electron chi connectivity index (χ1n) is 4.90. The first-order valence-corrected chi connectivity index (χ1v) is 4.90. The maximum Gasteiger partial charge on any atom is 0.409 e. The average Bonchev–Trinajstić information content (AvgIpc) is 2.84. The Kier molecular flexibility index (Phi) is 2.89. The lowest BCUT2D eigenvalue weighted by atomic mass is 10.2. The summed E-state index contributed by atoms with van der Waals surface area (Å²) in [6.07, 6.45) is 1.71. The van der Waals surface area contributed by atoms with Gasteiger partial charge in [0.15, 0.2) is 5.82 Å². The predicted molar refractivity (Wildman–Crippen MR) is 60.3 cm³/mol. The van der Waals surface area contributed by atoms with Gasteiger partial charge in [0, 0.05) is 0 Å². The number of hydrogen-bond donors (Lipinski definition) is 2. The molecule has 0 aliphatic rings. The van der Waals surface area contributed by atoms with Gasteiger partial charge >= 0.3 is 6.09 Å². The van der Waals surface area contributed by atoms with Crippen LogP contribution >= 0.6 is 0 Å². The van der Waals surface area contributed by atoms with Crippen molar-refractivity contribution in [3.63, 3.8) is 0 Å². The van der Waals surface area contributed by atoms with Crippen molar-refractivity contribution in [2.45, 2.75) is 6.92 Å². The molecule has 0 radical (unpaired) electrons. The number of nitrogens with zero attached hydrogens (tertiary/aromatic N) is 5. The highest BCUT2D eigenvalue weighted by Gasteiger charge is 2.13. The van der Waals surface area contributed by atoms with Crippen LogP contribution in [0.5, 0.6) is 0 Å². The van der Waals surface area contributed by atoms with Crippen LogP contribution in [0.4, 0.5) is 10.5 Å². The normalized spacial score (nSPS) is 9.78. The van der Waals surface area contributed by atoms with Gasteiger partial charge in [0.2, 0.25) is 0 Å². The molecule has 1 amide bonds. The molecule has 0 unspecified atom stereocenters. The van der Waals surface area contributed by atoms with Gasteiger partial charge in [-0.2, -0.15) is 15.5 Å². The molecular formula is C10H8N6O2. The summed E-state index contributed by atoms with van der Waals surface area (Å²) >= 11 is 0. The van der Waals surface area contributed by atoms with Gasteiger partial charge in [0.05, 0.1) is 23.8 Å². The fourth-order valence-corrected chi connectivity index (χ4v) is 1.39. The van der Waals surface area contributed by atoms with Gasteiger partial charge in [-0.05, 0) is 13.0 Å². The highest BCUT2D eigenvalue weighted by atomic mass is 16.4. The van der Waals surface area contributed by atoms with Crippen LogP contribution in [0.3, 0.4) is 0 Å². The number of hydrogen-bond acceptors (Lipinski definition) is 5. The van der Waals surface area contributed by atoms with Crippen molar-refractivity contribution in [2.24, 2.45) is 0 Å². The van der Waals surface area contributed by atoms with E-state index in [9.17, 15) is 4.79 Å². The van der Waals surface area contributed by atoms with Crippen molar-refractivity contribution < 1.29 is 9.90 Å². The van der Waals surface area contributed by atoms with Crippen molar-refractivity contribution in [3.05, 3.63) is 29.7 Å². The molecule has 0 spiro atoms. The van der Waals surface area contributed by atoms with Gasteiger partial charge in [-0.15, -0.1) is 4.80 Å². The molecule has 0 aromatic carbocycles. The van der Waals surface area contributed by atoms with Crippen LogP contribution < -0.4 is 5.32 Å². The van der Waals surface area contributed by atoms with E-state index in [1.165, 1.54) is 23.3 Å². The number of pyridine rings is 1. The number of nitriles is 1. The monoisotopic (exact) mass is 244 g/mol. The molecule has 0 aliphatic heterocycles. The highest BCUT2D eigenvalue weighted by molar-refractivity contribution is 5.84. The Morgan fingerprint density at radius 3 is 2.72 bits per heavy atom. The number of nitrogens with one attached hydrogen (secondary N) is 1. The average molecular weight is 244 g/mol. The van der Waals surface area contributed by atoms with Crippen LogP contribution in [0.25, 0.3) is 5.82 Å².